The first kappa shape index (κ1) is 21.1. The van der Waals surface area contributed by atoms with E-state index in [0.717, 1.165) is 5.56 Å². The number of benzene rings is 1. The molecule has 0 aliphatic heterocycles. The monoisotopic (exact) mass is 362 g/mol. The van der Waals surface area contributed by atoms with E-state index in [0.29, 0.717) is 11.4 Å². The highest BCUT2D eigenvalue weighted by Crippen LogP contribution is 2.24. The molecule has 1 aromatic rings. The van der Waals surface area contributed by atoms with Crippen LogP contribution in [0.4, 0.5) is 26.3 Å². The SMILES string of the molecule is CC(=O)Cc1ccc(Cl)cc1.O=C(C(=O)C(F)(F)F)C(F)(F)F. The molecule has 0 saturated heterocycles. The molecule has 0 amide bonds. The molecule has 128 valence electrons. The quantitative estimate of drug-likeness (QED) is 0.608. The van der Waals surface area contributed by atoms with Crippen LogP contribution in [0.5, 0.6) is 0 Å². The zero-order chi connectivity index (χ0) is 18.4. The molecule has 0 aliphatic carbocycles. The third kappa shape index (κ3) is 8.34. The normalized spacial score (nSPS) is 11.3. The summed E-state index contributed by atoms with van der Waals surface area (Å²) in [6, 6.07) is 7.31. The topological polar surface area (TPSA) is 51.2 Å². The standard InChI is InChI=1S/C9H9ClO.C4F6O2/c1-7(11)6-8-2-4-9(10)5-3-8;5-3(6,7)1(11)2(12)4(8,9)10/h2-5H,6H2,1H3;. The molecule has 0 bridgehead atoms. The second-order valence-corrected chi connectivity index (χ2v) is 4.60. The second kappa shape index (κ2) is 8.09. The maximum absolute atomic E-state index is 11.2. The summed E-state index contributed by atoms with van der Waals surface area (Å²) >= 11 is 5.66. The molecular weight excluding hydrogens is 354 g/mol. The van der Waals surface area contributed by atoms with Crippen LogP contribution in [-0.4, -0.2) is 29.7 Å². The zero-order valence-electron chi connectivity index (χ0n) is 11.4. The minimum atomic E-state index is -5.77. The largest absolute Gasteiger partial charge is 0.458 e. The summed E-state index contributed by atoms with van der Waals surface area (Å²) in [5.41, 5.74) is 1.02. The fourth-order valence-electron chi connectivity index (χ4n) is 1.15. The fraction of sp³-hybridized carbons (Fsp3) is 0.308. The van der Waals surface area contributed by atoms with E-state index in [1.165, 1.54) is 0 Å². The number of Topliss-reactive ketones (excluding diaryl/α,β-unsaturated/α-hetero) is 3. The minimum Gasteiger partial charge on any atom is -0.300 e. The molecule has 0 radical (unpaired) electrons. The van der Waals surface area contributed by atoms with E-state index in [2.05, 4.69) is 0 Å². The lowest BCUT2D eigenvalue weighted by Gasteiger charge is -2.05. The molecule has 0 N–H and O–H groups in total. The average molecular weight is 363 g/mol. The van der Waals surface area contributed by atoms with Gasteiger partial charge in [0.15, 0.2) is 0 Å². The van der Waals surface area contributed by atoms with E-state index in [9.17, 15) is 40.7 Å². The van der Waals surface area contributed by atoms with Crippen molar-refractivity contribution in [1.29, 1.82) is 0 Å². The molecule has 10 heteroatoms. The van der Waals surface area contributed by atoms with Crippen LogP contribution in [0.15, 0.2) is 24.3 Å². The van der Waals surface area contributed by atoms with Crippen LogP contribution in [0.2, 0.25) is 5.02 Å². The van der Waals surface area contributed by atoms with Gasteiger partial charge >= 0.3 is 23.9 Å². The molecule has 0 atom stereocenters. The van der Waals surface area contributed by atoms with E-state index < -0.39 is 23.9 Å². The first-order chi connectivity index (χ1) is 10.2. The number of hydrogen-bond donors (Lipinski definition) is 0. The summed E-state index contributed by atoms with van der Waals surface area (Å²) in [5, 5.41) is 0.706. The number of hydrogen-bond acceptors (Lipinski definition) is 3. The van der Waals surface area contributed by atoms with Crippen molar-refractivity contribution in [2.24, 2.45) is 0 Å². The van der Waals surface area contributed by atoms with Crippen LogP contribution < -0.4 is 0 Å². The molecule has 1 rings (SSSR count). The predicted octanol–water partition coefficient (Wildman–Crippen LogP) is 3.72. The molecule has 0 fully saturated rings. The molecule has 0 saturated carbocycles. The highest BCUT2D eigenvalue weighted by atomic mass is 35.5. The molecule has 0 aromatic heterocycles. The number of alkyl halides is 6. The van der Waals surface area contributed by atoms with Gasteiger partial charge in [0.05, 0.1) is 0 Å². The van der Waals surface area contributed by atoms with Gasteiger partial charge in [0, 0.05) is 11.4 Å². The highest BCUT2D eigenvalue weighted by Gasteiger charge is 2.54. The zero-order valence-corrected chi connectivity index (χ0v) is 12.1. The van der Waals surface area contributed by atoms with Gasteiger partial charge in [0.25, 0.3) is 0 Å². The van der Waals surface area contributed by atoms with Crippen LogP contribution >= 0.6 is 11.6 Å². The van der Waals surface area contributed by atoms with Crippen LogP contribution in [0.1, 0.15) is 12.5 Å². The average Bonchev–Trinajstić information content (AvgIpc) is 2.38. The van der Waals surface area contributed by atoms with Gasteiger partial charge in [0.1, 0.15) is 5.78 Å². The van der Waals surface area contributed by atoms with Gasteiger partial charge in [-0.05, 0) is 24.6 Å². The van der Waals surface area contributed by atoms with Gasteiger partial charge in [-0.25, -0.2) is 0 Å². The van der Waals surface area contributed by atoms with E-state index in [1.807, 2.05) is 12.1 Å². The van der Waals surface area contributed by atoms with Gasteiger partial charge < -0.3 is 0 Å². The van der Waals surface area contributed by atoms with Gasteiger partial charge in [-0.3, -0.25) is 14.4 Å². The summed E-state index contributed by atoms with van der Waals surface area (Å²) < 4.78 is 67.0. The van der Waals surface area contributed by atoms with Crippen LogP contribution in [-0.2, 0) is 20.8 Å². The summed E-state index contributed by atoms with van der Waals surface area (Å²) in [5.74, 6) is -6.64. The minimum absolute atomic E-state index is 0.173. The van der Waals surface area contributed by atoms with Crippen molar-refractivity contribution in [3.8, 4) is 0 Å². The smallest absolute Gasteiger partial charge is 0.300 e. The number of carbonyl (C=O) groups is 3. The molecule has 0 unspecified atom stereocenters. The number of carbonyl (C=O) groups excluding carboxylic acids is 3. The van der Waals surface area contributed by atoms with Crippen molar-refractivity contribution in [3.05, 3.63) is 34.9 Å². The maximum Gasteiger partial charge on any atom is 0.458 e. The first-order valence-corrected chi connectivity index (χ1v) is 6.09. The van der Waals surface area contributed by atoms with E-state index in [-0.39, 0.29) is 5.78 Å². The number of rotatable bonds is 3. The van der Waals surface area contributed by atoms with Crippen molar-refractivity contribution < 1.29 is 40.7 Å². The first-order valence-electron chi connectivity index (χ1n) is 5.71. The van der Waals surface area contributed by atoms with Gasteiger partial charge in [0.2, 0.25) is 0 Å². The van der Waals surface area contributed by atoms with Crippen molar-refractivity contribution in [2.45, 2.75) is 25.7 Å². The Bertz CT molecular complexity index is 551. The molecule has 0 spiro atoms. The predicted molar refractivity (Wildman–Crippen MR) is 68.0 cm³/mol. The van der Waals surface area contributed by atoms with E-state index in [1.54, 1.807) is 19.1 Å². The molecule has 23 heavy (non-hydrogen) atoms. The number of ketones is 3. The van der Waals surface area contributed by atoms with Gasteiger partial charge in [-0.2, -0.15) is 26.3 Å². The fourth-order valence-corrected chi connectivity index (χ4v) is 1.27. The molecular formula is C13H9ClF6O3. The number of halogens is 7. The summed E-state index contributed by atoms with van der Waals surface area (Å²) in [6.07, 6.45) is -11.0. The van der Waals surface area contributed by atoms with Crippen LogP contribution in [0.25, 0.3) is 0 Å². The summed E-state index contributed by atoms with van der Waals surface area (Å²) in [4.78, 5) is 29.9. The Hall–Kier alpha value is -1.90. The van der Waals surface area contributed by atoms with E-state index >= 15 is 0 Å². The molecule has 0 aliphatic rings. The lowest BCUT2D eigenvalue weighted by molar-refractivity contribution is -0.193. The lowest BCUT2D eigenvalue weighted by Crippen LogP contribution is -2.39. The highest BCUT2D eigenvalue weighted by molar-refractivity contribution is 6.41. The van der Waals surface area contributed by atoms with Crippen molar-refractivity contribution in [1.82, 2.24) is 0 Å². The summed E-state index contributed by atoms with van der Waals surface area (Å²) in [7, 11) is 0. The van der Waals surface area contributed by atoms with Crippen molar-refractivity contribution in [3.63, 3.8) is 0 Å². The lowest BCUT2D eigenvalue weighted by atomic mass is 10.1. The Morgan fingerprint density at radius 1 is 0.870 bits per heavy atom. The van der Waals surface area contributed by atoms with Gasteiger partial charge in [-0.15, -0.1) is 0 Å². The summed E-state index contributed by atoms with van der Waals surface area (Å²) in [6.45, 7) is 1.58. The molecule has 1 aromatic carbocycles. The van der Waals surface area contributed by atoms with Gasteiger partial charge in [-0.1, -0.05) is 23.7 Å². The maximum atomic E-state index is 11.2. The Balaban J connectivity index is 0.000000422. The van der Waals surface area contributed by atoms with Crippen molar-refractivity contribution >= 4 is 29.0 Å². The molecule has 0 heterocycles. The Labute approximate surface area is 131 Å². The van der Waals surface area contributed by atoms with E-state index in [4.69, 9.17) is 11.6 Å². The second-order valence-electron chi connectivity index (χ2n) is 4.16. The Morgan fingerprint density at radius 3 is 1.48 bits per heavy atom. The van der Waals surface area contributed by atoms with Crippen LogP contribution in [0.3, 0.4) is 0 Å². The molecule has 3 nitrogen and oxygen atoms in total. The Kier molecular flexibility index (Phi) is 7.42. The third-order valence-corrected chi connectivity index (χ3v) is 2.34. The van der Waals surface area contributed by atoms with Crippen molar-refractivity contribution in [2.75, 3.05) is 0 Å². The van der Waals surface area contributed by atoms with Crippen LogP contribution in [0, 0.1) is 0 Å². The third-order valence-electron chi connectivity index (χ3n) is 2.09. The Morgan fingerprint density at radius 2 is 1.22 bits per heavy atom.